The number of morpholine rings is 1. The first kappa shape index (κ1) is 19.7. The van der Waals surface area contributed by atoms with Crippen LogP contribution in [0.25, 0.3) is 5.70 Å². The quantitative estimate of drug-likeness (QED) is 0.742. The molecule has 168 valence electrons. The third kappa shape index (κ3) is 3.89. The minimum Gasteiger partial charge on any atom is -0.480 e. The van der Waals surface area contributed by atoms with Crippen molar-refractivity contribution in [2.75, 3.05) is 61.5 Å². The van der Waals surface area contributed by atoms with Gasteiger partial charge in [0.25, 0.3) is 5.91 Å². The molecule has 4 aliphatic heterocycles. The number of hydrogen-bond acceptors (Lipinski definition) is 9. The van der Waals surface area contributed by atoms with Crippen molar-refractivity contribution in [3.63, 3.8) is 0 Å². The van der Waals surface area contributed by atoms with Crippen molar-refractivity contribution in [2.45, 2.75) is 0 Å². The van der Waals surface area contributed by atoms with Crippen LogP contribution in [0.5, 0.6) is 5.75 Å². The van der Waals surface area contributed by atoms with E-state index in [0.717, 1.165) is 55.6 Å². The molecule has 0 bridgehead atoms. The highest BCUT2D eigenvalue weighted by atomic mass is 16.5. The van der Waals surface area contributed by atoms with E-state index in [-0.39, 0.29) is 12.5 Å². The van der Waals surface area contributed by atoms with E-state index in [1.807, 2.05) is 12.3 Å². The Kier molecular flexibility index (Phi) is 4.91. The third-order valence-corrected chi connectivity index (χ3v) is 5.87. The van der Waals surface area contributed by atoms with Gasteiger partial charge in [0, 0.05) is 49.0 Å². The molecule has 33 heavy (non-hydrogen) atoms. The second-order valence-corrected chi connectivity index (χ2v) is 8.05. The van der Waals surface area contributed by atoms with Gasteiger partial charge in [0.15, 0.2) is 29.8 Å². The molecule has 0 atom stereocenters. The highest BCUT2D eigenvalue weighted by Crippen LogP contribution is 2.31. The fourth-order valence-electron chi connectivity index (χ4n) is 4.18. The first-order valence-electron chi connectivity index (χ1n) is 11.0. The van der Waals surface area contributed by atoms with Crippen LogP contribution < -0.4 is 20.3 Å². The molecular formula is C23H23N7O3. The average molecular weight is 445 g/mol. The molecule has 1 amide bonds. The van der Waals surface area contributed by atoms with Gasteiger partial charge in [0.2, 0.25) is 0 Å². The standard InChI is InChI=1S/C23H23N7O3/c31-20-14-33-19-11-15(12-25-21(19)28-20)18-13-30-6-5-24-23(30)22(27-18)26-16-1-3-17(4-2-16)29-7-9-32-10-8-29/h1-4,11-13H,5-10,14H2,(H,26,27)(H,25,28,31). The summed E-state index contributed by atoms with van der Waals surface area (Å²) in [6.45, 7) is 4.82. The van der Waals surface area contributed by atoms with Gasteiger partial charge in [-0.1, -0.05) is 0 Å². The molecule has 1 aromatic heterocycles. The van der Waals surface area contributed by atoms with Crippen LogP contribution >= 0.6 is 0 Å². The molecule has 2 aromatic rings. The Morgan fingerprint density at radius 3 is 2.79 bits per heavy atom. The zero-order chi connectivity index (χ0) is 22.2. The van der Waals surface area contributed by atoms with Gasteiger partial charge in [-0.15, -0.1) is 0 Å². The molecule has 10 heteroatoms. The lowest BCUT2D eigenvalue weighted by Gasteiger charge is -2.29. The largest absolute Gasteiger partial charge is 0.480 e. The second kappa shape index (κ2) is 8.21. The number of benzene rings is 1. The fourth-order valence-corrected chi connectivity index (χ4v) is 4.18. The first-order chi connectivity index (χ1) is 16.2. The SMILES string of the molecule is O=C1COc2cc(C3=CN4CCN=C4C(Nc4ccc(N5CCOCC5)cc4)=N3)cnc2N1. The highest BCUT2D eigenvalue weighted by molar-refractivity contribution is 6.46. The molecular weight excluding hydrogens is 422 g/mol. The van der Waals surface area contributed by atoms with Crippen molar-refractivity contribution < 1.29 is 14.3 Å². The van der Waals surface area contributed by atoms with Gasteiger partial charge in [0.1, 0.15) is 0 Å². The van der Waals surface area contributed by atoms with Crippen molar-refractivity contribution in [3.8, 4) is 5.75 Å². The molecule has 0 aliphatic carbocycles. The Bertz CT molecular complexity index is 1180. The molecule has 4 aliphatic rings. The number of anilines is 3. The first-order valence-corrected chi connectivity index (χ1v) is 11.0. The van der Waals surface area contributed by atoms with Crippen LogP contribution in [0.1, 0.15) is 5.56 Å². The van der Waals surface area contributed by atoms with E-state index < -0.39 is 0 Å². The van der Waals surface area contributed by atoms with Gasteiger partial charge in [0.05, 0.1) is 25.5 Å². The molecule has 1 aromatic carbocycles. The van der Waals surface area contributed by atoms with E-state index in [4.69, 9.17) is 14.5 Å². The Balaban J connectivity index is 1.26. The average Bonchev–Trinajstić information content (AvgIpc) is 3.34. The maximum Gasteiger partial charge on any atom is 0.263 e. The van der Waals surface area contributed by atoms with Crippen molar-refractivity contribution >= 4 is 40.5 Å². The maximum absolute atomic E-state index is 11.5. The Hall–Kier alpha value is -3.92. The summed E-state index contributed by atoms with van der Waals surface area (Å²) in [5.41, 5.74) is 3.68. The summed E-state index contributed by atoms with van der Waals surface area (Å²) in [6.07, 6.45) is 3.67. The number of aromatic nitrogens is 1. The number of carbonyl (C=O) groups is 1. The summed E-state index contributed by atoms with van der Waals surface area (Å²) in [4.78, 5) is 29.8. The van der Waals surface area contributed by atoms with Crippen LogP contribution in [0, 0.1) is 0 Å². The van der Waals surface area contributed by atoms with Crippen LogP contribution in [0.15, 0.2) is 52.7 Å². The summed E-state index contributed by atoms with van der Waals surface area (Å²) in [5.74, 6) is 2.28. The number of pyridine rings is 1. The van der Waals surface area contributed by atoms with Crippen molar-refractivity contribution in [1.29, 1.82) is 0 Å². The van der Waals surface area contributed by atoms with Crippen LogP contribution in [-0.4, -0.2) is 73.5 Å². The Morgan fingerprint density at radius 2 is 1.94 bits per heavy atom. The summed E-state index contributed by atoms with van der Waals surface area (Å²) < 4.78 is 11.0. The molecule has 0 saturated carbocycles. The van der Waals surface area contributed by atoms with Gasteiger partial charge >= 0.3 is 0 Å². The van der Waals surface area contributed by atoms with Crippen molar-refractivity contribution in [3.05, 3.63) is 48.3 Å². The highest BCUT2D eigenvalue weighted by Gasteiger charge is 2.27. The summed E-state index contributed by atoms with van der Waals surface area (Å²) in [5, 5.41) is 6.15. The number of hydrogen-bond donors (Lipinski definition) is 2. The number of amidine groups is 2. The van der Waals surface area contributed by atoms with E-state index in [2.05, 4.69) is 54.7 Å². The monoisotopic (exact) mass is 445 g/mol. The molecule has 2 N–H and O–H groups in total. The number of rotatable bonds is 3. The zero-order valence-electron chi connectivity index (χ0n) is 18.0. The zero-order valence-corrected chi connectivity index (χ0v) is 18.0. The molecule has 0 spiro atoms. The maximum atomic E-state index is 11.5. The topological polar surface area (TPSA) is 104 Å². The normalized spacial score (nSPS) is 19.5. The lowest BCUT2D eigenvalue weighted by Crippen LogP contribution is -2.37. The lowest BCUT2D eigenvalue weighted by molar-refractivity contribution is -0.118. The number of nitrogens with zero attached hydrogens (tertiary/aromatic N) is 5. The van der Waals surface area contributed by atoms with Crippen LogP contribution in [0.3, 0.4) is 0 Å². The smallest absolute Gasteiger partial charge is 0.263 e. The second-order valence-electron chi connectivity index (χ2n) is 8.05. The molecule has 6 rings (SSSR count). The van der Waals surface area contributed by atoms with Gasteiger partial charge in [-0.2, -0.15) is 0 Å². The number of ether oxygens (including phenoxy) is 2. The molecule has 1 fully saturated rings. The van der Waals surface area contributed by atoms with E-state index in [0.29, 0.717) is 23.9 Å². The summed E-state index contributed by atoms with van der Waals surface area (Å²) >= 11 is 0. The van der Waals surface area contributed by atoms with Crippen molar-refractivity contribution in [1.82, 2.24) is 9.88 Å². The molecule has 10 nitrogen and oxygen atoms in total. The van der Waals surface area contributed by atoms with E-state index in [1.165, 1.54) is 5.69 Å². The van der Waals surface area contributed by atoms with Crippen LogP contribution in [0.4, 0.5) is 17.2 Å². The molecule has 0 radical (unpaired) electrons. The van der Waals surface area contributed by atoms with Gasteiger partial charge in [-0.05, 0) is 30.3 Å². The van der Waals surface area contributed by atoms with E-state index in [1.54, 1.807) is 6.20 Å². The summed E-state index contributed by atoms with van der Waals surface area (Å²) in [7, 11) is 0. The minimum absolute atomic E-state index is 0.0172. The minimum atomic E-state index is -0.207. The molecule has 5 heterocycles. The number of aliphatic imine (C=N–C) groups is 2. The predicted octanol–water partition coefficient (Wildman–Crippen LogP) is 1.79. The van der Waals surface area contributed by atoms with Crippen LogP contribution in [-0.2, 0) is 9.53 Å². The van der Waals surface area contributed by atoms with Gasteiger partial charge in [-0.25, -0.2) is 9.98 Å². The number of amides is 1. The van der Waals surface area contributed by atoms with Crippen molar-refractivity contribution in [2.24, 2.45) is 9.98 Å². The Labute approximate surface area is 190 Å². The van der Waals surface area contributed by atoms with Gasteiger partial charge < -0.3 is 29.9 Å². The molecule has 0 unspecified atom stereocenters. The van der Waals surface area contributed by atoms with E-state index >= 15 is 0 Å². The Morgan fingerprint density at radius 1 is 1.09 bits per heavy atom. The van der Waals surface area contributed by atoms with Crippen LogP contribution in [0.2, 0.25) is 0 Å². The number of nitrogens with one attached hydrogen (secondary N) is 2. The van der Waals surface area contributed by atoms with E-state index in [9.17, 15) is 4.79 Å². The number of carbonyl (C=O) groups excluding carboxylic acids is 1. The summed E-state index contributed by atoms with van der Waals surface area (Å²) in [6, 6.07) is 10.2. The third-order valence-electron chi connectivity index (χ3n) is 5.87. The van der Waals surface area contributed by atoms with Gasteiger partial charge in [-0.3, -0.25) is 9.79 Å². The number of fused-ring (bicyclic) bond motifs is 2. The molecule has 1 saturated heterocycles. The lowest BCUT2D eigenvalue weighted by atomic mass is 10.1. The fraction of sp³-hybridized carbons (Fsp3) is 0.304. The predicted molar refractivity (Wildman–Crippen MR) is 126 cm³/mol.